The van der Waals surface area contributed by atoms with Gasteiger partial charge in [-0.2, -0.15) is 0 Å². The summed E-state index contributed by atoms with van der Waals surface area (Å²) in [6.45, 7) is 2.11. The molecule has 0 bridgehead atoms. The summed E-state index contributed by atoms with van der Waals surface area (Å²) in [5.41, 5.74) is 0. The highest BCUT2D eigenvalue weighted by atomic mass is 16.4. The van der Waals surface area contributed by atoms with Gasteiger partial charge in [-0.25, -0.2) is 0 Å². The van der Waals surface area contributed by atoms with Crippen molar-refractivity contribution < 1.29 is 24.9 Å². The van der Waals surface area contributed by atoms with Crippen molar-refractivity contribution >= 4 is 11.8 Å². The minimum atomic E-state index is -0.801. The number of carboxylic acids is 1. The molecule has 0 heterocycles. The number of rotatable bonds is 12. The van der Waals surface area contributed by atoms with Gasteiger partial charge in [0.2, 0.25) is 0 Å². The lowest BCUT2D eigenvalue weighted by molar-refractivity contribution is -0.137. The van der Waals surface area contributed by atoms with E-state index in [1.165, 1.54) is 0 Å². The first-order valence-electron chi connectivity index (χ1n) is 9.39. The highest BCUT2D eigenvalue weighted by molar-refractivity contribution is 5.84. The molecule has 0 aromatic heterocycles. The van der Waals surface area contributed by atoms with Gasteiger partial charge in [-0.15, -0.1) is 0 Å². The van der Waals surface area contributed by atoms with Crippen LogP contribution in [-0.4, -0.2) is 39.3 Å². The first-order chi connectivity index (χ1) is 12.0. The Balaban J connectivity index is 2.48. The fraction of sp³-hybridized carbons (Fsp3) is 0.700. The van der Waals surface area contributed by atoms with Gasteiger partial charge in [-0.1, -0.05) is 50.5 Å². The summed E-state index contributed by atoms with van der Waals surface area (Å²) in [5, 5.41) is 28.7. The number of allylic oxidation sites excluding steroid dienone is 2. The number of ketones is 1. The molecule has 1 saturated carbocycles. The van der Waals surface area contributed by atoms with Crippen LogP contribution in [0.4, 0.5) is 0 Å². The summed E-state index contributed by atoms with van der Waals surface area (Å²) >= 11 is 0. The van der Waals surface area contributed by atoms with E-state index in [0.29, 0.717) is 25.7 Å². The molecule has 0 saturated heterocycles. The van der Waals surface area contributed by atoms with Crippen LogP contribution >= 0.6 is 0 Å². The molecule has 25 heavy (non-hydrogen) atoms. The summed E-state index contributed by atoms with van der Waals surface area (Å²) in [5.74, 6) is -1.26. The van der Waals surface area contributed by atoms with E-state index < -0.39 is 18.2 Å². The fourth-order valence-electron chi connectivity index (χ4n) is 3.22. The number of Topliss-reactive ketones (excluding diaryl/α,β-unsaturated/α-hetero) is 1. The molecule has 0 aromatic rings. The molecule has 0 amide bonds. The van der Waals surface area contributed by atoms with Crippen molar-refractivity contribution in [3.8, 4) is 0 Å². The summed E-state index contributed by atoms with van der Waals surface area (Å²) in [6.07, 6.45) is 12.1. The van der Waals surface area contributed by atoms with Crippen LogP contribution < -0.4 is 0 Å². The summed E-state index contributed by atoms with van der Waals surface area (Å²) in [4.78, 5) is 22.5. The van der Waals surface area contributed by atoms with Gasteiger partial charge in [0.05, 0.1) is 12.2 Å². The van der Waals surface area contributed by atoms with E-state index in [4.69, 9.17) is 5.11 Å². The Morgan fingerprint density at radius 3 is 2.72 bits per heavy atom. The average Bonchev–Trinajstić information content (AvgIpc) is 2.82. The van der Waals surface area contributed by atoms with E-state index in [1.807, 2.05) is 12.2 Å². The van der Waals surface area contributed by atoms with Crippen LogP contribution in [0.5, 0.6) is 0 Å². The molecule has 0 radical (unpaired) electrons. The lowest BCUT2D eigenvalue weighted by Crippen LogP contribution is -2.18. The van der Waals surface area contributed by atoms with Crippen LogP contribution in [0.1, 0.15) is 64.7 Å². The van der Waals surface area contributed by atoms with Crippen molar-refractivity contribution in [2.75, 3.05) is 0 Å². The molecule has 0 aromatic carbocycles. The lowest BCUT2D eigenvalue weighted by Gasteiger charge is -2.16. The van der Waals surface area contributed by atoms with Crippen LogP contribution in [-0.2, 0) is 9.59 Å². The number of carbonyl (C=O) groups excluding carboxylic acids is 1. The van der Waals surface area contributed by atoms with E-state index in [1.54, 1.807) is 12.2 Å². The van der Waals surface area contributed by atoms with Gasteiger partial charge in [0, 0.05) is 24.7 Å². The van der Waals surface area contributed by atoms with Gasteiger partial charge in [-0.05, 0) is 25.7 Å². The quantitative estimate of drug-likeness (QED) is 0.370. The third-order valence-electron chi connectivity index (χ3n) is 4.71. The molecule has 5 nitrogen and oxygen atoms in total. The second kappa shape index (κ2) is 12.0. The third-order valence-corrected chi connectivity index (χ3v) is 4.71. The van der Waals surface area contributed by atoms with Crippen LogP contribution in [0.25, 0.3) is 0 Å². The molecular formula is C20H32O5. The third kappa shape index (κ3) is 8.45. The van der Waals surface area contributed by atoms with E-state index >= 15 is 0 Å². The molecule has 1 fully saturated rings. The van der Waals surface area contributed by atoms with Crippen molar-refractivity contribution in [2.24, 2.45) is 11.8 Å². The second-order valence-electron chi connectivity index (χ2n) is 6.86. The zero-order valence-corrected chi connectivity index (χ0v) is 15.1. The predicted octanol–water partition coefficient (Wildman–Crippen LogP) is 3.25. The zero-order valence-electron chi connectivity index (χ0n) is 15.1. The Morgan fingerprint density at radius 1 is 1.28 bits per heavy atom. The second-order valence-corrected chi connectivity index (χ2v) is 6.86. The molecular weight excluding hydrogens is 320 g/mol. The highest BCUT2D eigenvalue weighted by Crippen LogP contribution is 2.33. The molecule has 3 N–H and O–H groups in total. The van der Waals surface area contributed by atoms with Gasteiger partial charge < -0.3 is 15.3 Å². The first-order valence-corrected chi connectivity index (χ1v) is 9.39. The maximum absolute atomic E-state index is 12.1. The Kier molecular flexibility index (Phi) is 10.3. The number of carbonyl (C=O) groups is 2. The minimum Gasteiger partial charge on any atom is -0.481 e. The maximum atomic E-state index is 12.1. The Hall–Kier alpha value is -1.46. The number of aliphatic carboxylic acids is 1. The van der Waals surface area contributed by atoms with E-state index in [0.717, 1.165) is 19.3 Å². The first kappa shape index (κ1) is 21.6. The number of carboxylic acid groups (broad SMARTS) is 1. The molecule has 2 unspecified atom stereocenters. The molecule has 5 heteroatoms. The van der Waals surface area contributed by atoms with E-state index in [-0.39, 0.29) is 30.5 Å². The van der Waals surface area contributed by atoms with Crippen molar-refractivity contribution in [1.82, 2.24) is 0 Å². The SMILES string of the molecule is CCCCCC(O)/C=C/[C@H]1C(O)CC(=O)[C@H]1C/C=C\CCCC(=O)O. The number of unbranched alkanes of at least 4 members (excludes halogenated alkanes) is 3. The molecule has 0 spiro atoms. The Labute approximate surface area is 150 Å². The predicted molar refractivity (Wildman–Crippen MR) is 97.1 cm³/mol. The zero-order chi connectivity index (χ0) is 18.7. The largest absolute Gasteiger partial charge is 0.481 e. The molecule has 1 aliphatic carbocycles. The van der Waals surface area contributed by atoms with Gasteiger partial charge >= 0.3 is 5.97 Å². The Morgan fingerprint density at radius 2 is 2.04 bits per heavy atom. The lowest BCUT2D eigenvalue weighted by atomic mass is 9.90. The van der Waals surface area contributed by atoms with Crippen LogP contribution in [0, 0.1) is 11.8 Å². The molecule has 1 rings (SSSR count). The van der Waals surface area contributed by atoms with Crippen LogP contribution in [0.2, 0.25) is 0 Å². The summed E-state index contributed by atoms with van der Waals surface area (Å²) < 4.78 is 0. The summed E-state index contributed by atoms with van der Waals surface area (Å²) in [6, 6.07) is 0. The number of hydrogen-bond acceptors (Lipinski definition) is 4. The van der Waals surface area contributed by atoms with Gasteiger partial charge in [0.15, 0.2) is 0 Å². The summed E-state index contributed by atoms with van der Waals surface area (Å²) in [7, 11) is 0. The van der Waals surface area contributed by atoms with Crippen molar-refractivity contribution in [3.63, 3.8) is 0 Å². The fourth-order valence-corrected chi connectivity index (χ4v) is 3.22. The molecule has 4 atom stereocenters. The van der Waals surface area contributed by atoms with Gasteiger partial charge in [0.1, 0.15) is 5.78 Å². The van der Waals surface area contributed by atoms with Gasteiger partial charge in [0.25, 0.3) is 0 Å². The molecule has 1 aliphatic rings. The standard InChI is InChI=1S/C20H32O5/c1-2-3-6-9-15(21)12-13-17-16(18(22)14-19(17)23)10-7-4-5-8-11-20(24)25/h4,7,12-13,15-17,19,21,23H,2-3,5-6,8-11,14H2,1H3,(H,24,25)/b7-4-,13-12+/t15?,16-,17+,19?/m0/s1. The number of hydrogen-bond donors (Lipinski definition) is 3. The van der Waals surface area contributed by atoms with E-state index in [2.05, 4.69) is 6.92 Å². The number of aliphatic hydroxyl groups excluding tert-OH is 2. The normalized spacial score (nSPS) is 25.2. The maximum Gasteiger partial charge on any atom is 0.303 e. The van der Waals surface area contributed by atoms with Crippen molar-refractivity contribution in [1.29, 1.82) is 0 Å². The Bertz CT molecular complexity index is 469. The van der Waals surface area contributed by atoms with E-state index in [9.17, 15) is 19.8 Å². The minimum absolute atomic E-state index is 0.0535. The molecule has 142 valence electrons. The highest BCUT2D eigenvalue weighted by Gasteiger charge is 2.39. The monoisotopic (exact) mass is 352 g/mol. The average molecular weight is 352 g/mol. The smallest absolute Gasteiger partial charge is 0.303 e. The van der Waals surface area contributed by atoms with Gasteiger partial charge in [-0.3, -0.25) is 9.59 Å². The van der Waals surface area contributed by atoms with Crippen LogP contribution in [0.15, 0.2) is 24.3 Å². The van der Waals surface area contributed by atoms with Crippen molar-refractivity contribution in [2.45, 2.75) is 76.9 Å². The number of aliphatic hydroxyl groups is 2. The van der Waals surface area contributed by atoms with Crippen LogP contribution in [0.3, 0.4) is 0 Å². The van der Waals surface area contributed by atoms with Crippen molar-refractivity contribution in [3.05, 3.63) is 24.3 Å². The molecule has 0 aliphatic heterocycles. The topological polar surface area (TPSA) is 94.8 Å².